The summed E-state index contributed by atoms with van der Waals surface area (Å²) in [6.45, 7) is 4.09. The lowest BCUT2D eigenvalue weighted by Crippen LogP contribution is -2.29. The summed E-state index contributed by atoms with van der Waals surface area (Å²) < 4.78 is 7.54. The van der Waals surface area contributed by atoms with E-state index in [4.69, 9.17) is 4.74 Å². The summed E-state index contributed by atoms with van der Waals surface area (Å²) in [5.74, 6) is 0.642. The maximum absolute atomic E-state index is 12.3. The number of rotatable bonds is 9. The van der Waals surface area contributed by atoms with Gasteiger partial charge in [0.25, 0.3) is 5.91 Å². The Balaban J connectivity index is 1.43. The summed E-state index contributed by atoms with van der Waals surface area (Å²) in [7, 11) is 4.11. The first-order valence-corrected chi connectivity index (χ1v) is 9.89. The van der Waals surface area contributed by atoms with Crippen LogP contribution >= 0.6 is 0 Å². The summed E-state index contributed by atoms with van der Waals surface area (Å²) in [5, 5.41) is 14.4. The van der Waals surface area contributed by atoms with E-state index in [1.807, 2.05) is 28.9 Å². The van der Waals surface area contributed by atoms with Crippen molar-refractivity contribution in [2.45, 2.75) is 31.8 Å². The summed E-state index contributed by atoms with van der Waals surface area (Å²) >= 11 is 0. The molecule has 1 aromatic heterocycles. The zero-order valence-electron chi connectivity index (χ0n) is 16.7. The minimum absolute atomic E-state index is 0.204. The first kappa shape index (κ1) is 20.3. The van der Waals surface area contributed by atoms with Gasteiger partial charge in [-0.3, -0.25) is 4.79 Å². The van der Waals surface area contributed by atoms with Crippen molar-refractivity contribution < 1.29 is 9.53 Å². The van der Waals surface area contributed by atoms with Crippen molar-refractivity contribution in [3.63, 3.8) is 0 Å². The predicted molar refractivity (Wildman–Crippen MR) is 107 cm³/mol. The third kappa shape index (κ3) is 6.03. The molecular formula is C20H30N6O2. The molecule has 2 N–H and O–H groups in total. The molecule has 0 bridgehead atoms. The molecule has 1 saturated heterocycles. The highest BCUT2D eigenvalue weighted by atomic mass is 16.5. The van der Waals surface area contributed by atoms with Crippen LogP contribution in [0, 0.1) is 0 Å². The zero-order chi connectivity index (χ0) is 19.8. The van der Waals surface area contributed by atoms with E-state index < -0.39 is 0 Å². The monoisotopic (exact) mass is 386 g/mol. The van der Waals surface area contributed by atoms with Gasteiger partial charge in [0.2, 0.25) is 0 Å². The smallest absolute Gasteiger partial charge is 0.273 e. The molecule has 1 fully saturated rings. The molecule has 8 heteroatoms. The highest BCUT2D eigenvalue weighted by molar-refractivity contribution is 5.91. The molecule has 152 valence electrons. The van der Waals surface area contributed by atoms with E-state index in [1.165, 1.54) is 0 Å². The van der Waals surface area contributed by atoms with Crippen LogP contribution in [-0.4, -0.2) is 66.1 Å². The van der Waals surface area contributed by atoms with Gasteiger partial charge in [0.05, 0.1) is 18.8 Å². The molecule has 0 radical (unpaired) electrons. The highest BCUT2D eigenvalue weighted by Crippen LogP contribution is 2.17. The summed E-state index contributed by atoms with van der Waals surface area (Å²) in [5.41, 5.74) is 1.37. The molecule has 0 aliphatic carbocycles. The number of amides is 1. The molecule has 3 rings (SSSR count). The van der Waals surface area contributed by atoms with Crippen LogP contribution in [0.5, 0.6) is 5.75 Å². The highest BCUT2D eigenvalue weighted by Gasteiger charge is 2.18. The van der Waals surface area contributed by atoms with Gasteiger partial charge in [-0.05, 0) is 64.1 Å². The molecule has 0 unspecified atom stereocenters. The fourth-order valence-corrected chi connectivity index (χ4v) is 3.18. The van der Waals surface area contributed by atoms with Crippen molar-refractivity contribution in [1.29, 1.82) is 0 Å². The van der Waals surface area contributed by atoms with E-state index in [1.54, 1.807) is 6.20 Å². The van der Waals surface area contributed by atoms with E-state index in [0.29, 0.717) is 24.9 Å². The van der Waals surface area contributed by atoms with Crippen LogP contribution in [0.25, 0.3) is 0 Å². The Labute approximate surface area is 166 Å². The topological polar surface area (TPSA) is 84.3 Å². The molecule has 0 saturated carbocycles. The Morgan fingerprint density at radius 2 is 2.04 bits per heavy atom. The van der Waals surface area contributed by atoms with Crippen LogP contribution in [0.2, 0.25) is 0 Å². The van der Waals surface area contributed by atoms with Crippen molar-refractivity contribution in [1.82, 2.24) is 30.5 Å². The van der Waals surface area contributed by atoms with Crippen LogP contribution in [0.15, 0.2) is 30.5 Å². The second-order valence-corrected chi connectivity index (χ2v) is 7.40. The van der Waals surface area contributed by atoms with Gasteiger partial charge in [-0.2, -0.15) is 0 Å². The van der Waals surface area contributed by atoms with Crippen molar-refractivity contribution in [2.24, 2.45) is 0 Å². The Hall–Kier alpha value is -2.45. The van der Waals surface area contributed by atoms with Gasteiger partial charge in [0.1, 0.15) is 5.75 Å². The van der Waals surface area contributed by atoms with Crippen LogP contribution in [0.1, 0.15) is 41.4 Å². The second kappa shape index (κ2) is 10.2. The maximum atomic E-state index is 12.3. The fourth-order valence-electron chi connectivity index (χ4n) is 3.18. The number of aromatic nitrogens is 3. The molecule has 0 spiro atoms. The van der Waals surface area contributed by atoms with Crippen LogP contribution in [0.3, 0.4) is 0 Å². The van der Waals surface area contributed by atoms with E-state index in [9.17, 15) is 4.79 Å². The number of hydrogen-bond acceptors (Lipinski definition) is 6. The van der Waals surface area contributed by atoms with Gasteiger partial charge >= 0.3 is 0 Å². The maximum Gasteiger partial charge on any atom is 0.273 e. The third-order valence-corrected chi connectivity index (χ3v) is 4.82. The van der Waals surface area contributed by atoms with E-state index in [0.717, 1.165) is 50.2 Å². The van der Waals surface area contributed by atoms with Gasteiger partial charge in [0, 0.05) is 13.1 Å². The lowest BCUT2D eigenvalue weighted by molar-refractivity contribution is 0.0946. The lowest BCUT2D eigenvalue weighted by Gasteiger charge is -2.22. The van der Waals surface area contributed by atoms with Gasteiger partial charge in [-0.1, -0.05) is 17.3 Å². The largest absolute Gasteiger partial charge is 0.494 e. The van der Waals surface area contributed by atoms with Crippen molar-refractivity contribution in [3.05, 3.63) is 41.7 Å². The molecule has 28 heavy (non-hydrogen) atoms. The van der Waals surface area contributed by atoms with Gasteiger partial charge < -0.3 is 20.3 Å². The Morgan fingerprint density at radius 1 is 1.29 bits per heavy atom. The average molecular weight is 387 g/mol. The minimum atomic E-state index is -0.204. The van der Waals surface area contributed by atoms with Crippen LogP contribution in [0.4, 0.5) is 0 Å². The quantitative estimate of drug-likeness (QED) is 0.635. The molecule has 1 aliphatic rings. The number of ether oxygens (including phenoxy) is 1. The number of nitrogens with one attached hydrogen (secondary N) is 2. The third-order valence-electron chi connectivity index (χ3n) is 4.82. The molecule has 1 aliphatic heterocycles. The number of piperidine rings is 1. The molecule has 2 heterocycles. The molecule has 0 atom stereocenters. The predicted octanol–water partition coefficient (Wildman–Crippen LogP) is 1.46. The Morgan fingerprint density at radius 3 is 2.75 bits per heavy atom. The fraction of sp³-hybridized carbons (Fsp3) is 0.550. The number of benzene rings is 1. The lowest BCUT2D eigenvalue weighted by atomic mass is 10.1. The van der Waals surface area contributed by atoms with Crippen LogP contribution < -0.4 is 15.4 Å². The summed E-state index contributed by atoms with van der Waals surface area (Å²) in [6.07, 6.45) is 4.75. The number of nitrogens with zero attached hydrogens (tertiary/aromatic N) is 4. The SMILES string of the molecule is CN(C)CCCOc1ccc(CNC(=O)c2cn(C3CCNCC3)nn2)cc1. The first-order valence-electron chi connectivity index (χ1n) is 9.89. The molecule has 2 aromatic rings. The Kier molecular flexibility index (Phi) is 7.39. The molecular weight excluding hydrogens is 356 g/mol. The molecule has 1 aromatic carbocycles. The second-order valence-electron chi connectivity index (χ2n) is 7.40. The molecule has 1 amide bonds. The van der Waals surface area contributed by atoms with E-state index >= 15 is 0 Å². The minimum Gasteiger partial charge on any atom is -0.494 e. The van der Waals surface area contributed by atoms with Crippen molar-refractivity contribution in [3.8, 4) is 5.75 Å². The van der Waals surface area contributed by atoms with Crippen molar-refractivity contribution >= 4 is 5.91 Å². The van der Waals surface area contributed by atoms with Crippen LogP contribution in [-0.2, 0) is 6.54 Å². The number of hydrogen-bond donors (Lipinski definition) is 2. The first-order chi connectivity index (χ1) is 13.6. The van der Waals surface area contributed by atoms with Gasteiger partial charge in [-0.25, -0.2) is 4.68 Å². The average Bonchev–Trinajstić information content (AvgIpc) is 3.21. The normalized spacial score (nSPS) is 15.0. The van der Waals surface area contributed by atoms with Crippen molar-refractivity contribution in [2.75, 3.05) is 40.3 Å². The Bertz CT molecular complexity index is 737. The standard InChI is InChI=1S/C20H30N6O2/c1-25(2)12-3-13-28-18-6-4-16(5-7-18)14-22-20(27)19-15-26(24-23-19)17-8-10-21-11-9-17/h4-7,15,17,21H,3,8-14H2,1-2H3,(H,22,27). The van der Waals surface area contributed by atoms with E-state index in [-0.39, 0.29) is 5.91 Å². The summed E-state index contributed by atoms with van der Waals surface area (Å²) in [6, 6.07) is 8.12. The van der Waals surface area contributed by atoms with E-state index in [2.05, 4.69) is 39.9 Å². The van der Waals surface area contributed by atoms with Gasteiger partial charge in [-0.15, -0.1) is 5.10 Å². The zero-order valence-corrected chi connectivity index (χ0v) is 16.7. The number of carbonyl (C=O) groups excluding carboxylic acids is 1. The molecule has 8 nitrogen and oxygen atoms in total. The number of carbonyl (C=O) groups is 1. The van der Waals surface area contributed by atoms with Gasteiger partial charge in [0.15, 0.2) is 5.69 Å². The summed E-state index contributed by atoms with van der Waals surface area (Å²) in [4.78, 5) is 14.5.